The van der Waals surface area contributed by atoms with Crippen molar-refractivity contribution in [3.8, 4) is 0 Å². The fourth-order valence-corrected chi connectivity index (χ4v) is 5.89. The summed E-state index contributed by atoms with van der Waals surface area (Å²) in [5, 5.41) is 0.984. The second-order valence-corrected chi connectivity index (χ2v) is 10.7. The topological polar surface area (TPSA) is 84.7 Å². The molecule has 1 aromatic heterocycles. The lowest BCUT2D eigenvalue weighted by atomic mass is 10.1. The fourth-order valence-electron chi connectivity index (χ4n) is 4.03. The van der Waals surface area contributed by atoms with E-state index in [0.717, 1.165) is 16.7 Å². The molecule has 3 aromatic rings. The number of benzene rings is 2. The maximum Gasteiger partial charge on any atom is 0.290 e. The van der Waals surface area contributed by atoms with E-state index in [4.69, 9.17) is 16.0 Å². The number of sulfone groups is 1. The maximum absolute atomic E-state index is 13.5. The van der Waals surface area contributed by atoms with Crippen molar-refractivity contribution in [2.45, 2.75) is 32.9 Å². The SMILES string of the molecule is Cc1cc(C)c2oc(C(=O)N(Cc3ccc(Cl)cc3)C3CCS(=O)(=O)C3)cc(=O)c2c1. The highest BCUT2D eigenvalue weighted by Crippen LogP contribution is 2.25. The number of aryl methyl sites for hydroxylation is 2. The van der Waals surface area contributed by atoms with Gasteiger partial charge < -0.3 is 9.32 Å². The highest BCUT2D eigenvalue weighted by molar-refractivity contribution is 7.91. The number of amides is 1. The molecule has 2 heterocycles. The van der Waals surface area contributed by atoms with Gasteiger partial charge in [0.05, 0.1) is 16.9 Å². The molecule has 6 nitrogen and oxygen atoms in total. The van der Waals surface area contributed by atoms with Gasteiger partial charge in [0.2, 0.25) is 0 Å². The minimum Gasteiger partial charge on any atom is -0.450 e. The minimum atomic E-state index is -3.22. The van der Waals surface area contributed by atoms with Crippen molar-refractivity contribution in [3.05, 3.63) is 80.2 Å². The van der Waals surface area contributed by atoms with Gasteiger partial charge in [-0.3, -0.25) is 9.59 Å². The molecule has 0 radical (unpaired) electrons. The summed E-state index contributed by atoms with van der Waals surface area (Å²) in [5.41, 5.74) is 2.55. The predicted molar refractivity (Wildman–Crippen MR) is 120 cm³/mol. The molecule has 4 rings (SSSR count). The van der Waals surface area contributed by atoms with Gasteiger partial charge in [0, 0.05) is 23.7 Å². The molecule has 1 amide bonds. The standard InChI is InChI=1S/C23H22ClNO5S/c1-14-9-15(2)22-19(10-14)20(26)11-21(30-22)23(27)25(18-7-8-31(28,29)13-18)12-16-3-5-17(24)6-4-16/h3-6,9-11,18H,7-8,12-13H2,1-2H3. The van der Waals surface area contributed by atoms with Gasteiger partial charge in [-0.2, -0.15) is 0 Å². The Bertz CT molecular complexity index is 1330. The molecule has 162 valence electrons. The van der Waals surface area contributed by atoms with Gasteiger partial charge in [-0.05, 0) is 55.2 Å². The van der Waals surface area contributed by atoms with Gasteiger partial charge in [0.15, 0.2) is 21.0 Å². The third-order valence-electron chi connectivity index (χ3n) is 5.55. The second kappa shape index (κ2) is 8.13. The minimum absolute atomic E-state index is 0.0299. The molecular weight excluding hydrogens is 438 g/mol. The maximum atomic E-state index is 13.5. The summed E-state index contributed by atoms with van der Waals surface area (Å²) in [4.78, 5) is 27.7. The van der Waals surface area contributed by atoms with Gasteiger partial charge in [0.1, 0.15) is 5.58 Å². The van der Waals surface area contributed by atoms with Crippen LogP contribution in [0.5, 0.6) is 0 Å². The average Bonchev–Trinajstić information content (AvgIpc) is 3.07. The number of hydrogen-bond acceptors (Lipinski definition) is 5. The zero-order chi connectivity index (χ0) is 22.3. The van der Waals surface area contributed by atoms with Crippen molar-refractivity contribution in [2.24, 2.45) is 0 Å². The second-order valence-electron chi connectivity index (χ2n) is 8.05. The molecule has 1 unspecified atom stereocenters. The van der Waals surface area contributed by atoms with Crippen molar-refractivity contribution in [2.75, 3.05) is 11.5 Å². The van der Waals surface area contributed by atoms with Crippen LogP contribution in [0.25, 0.3) is 11.0 Å². The molecule has 0 N–H and O–H groups in total. The van der Waals surface area contributed by atoms with Crippen molar-refractivity contribution in [1.29, 1.82) is 0 Å². The van der Waals surface area contributed by atoms with E-state index in [1.165, 1.54) is 11.0 Å². The van der Waals surface area contributed by atoms with Crippen molar-refractivity contribution >= 4 is 38.3 Å². The molecule has 1 fully saturated rings. The monoisotopic (exact) mass is 459 g/mol. The quantitative estimate of drug-likeness (QED) is 0.590. The summed E-state index contributed by atoms with van der Waals surface area (Å²) >= 11 is 5.96. The first-order valence-corrected chi connectivity index (χ1v) is 12.1. The molecule has 0 bridgehead atoms. The molecule has 0 aliphatic carbocycles. The third-order valence-corrected chi connectivity index (χ3v) is 7.55. The number of halogens is 1. The summed E-state index contributed by atoms with van der Waals surface area (Å²) in [7, 11) is -3.22. The molecule has 2 aromatic carbocycles. The molecule has 8 heteroatoms. The molecule has 0 spiro atoms. The van der Waals surface area contributed by atoms with Crippen molar-refractivity contribution in [1.82, 2.24) is 4.90 Å². The Balaban J connectivity index is 1.76. The van der Waals surface area contributed by atoms with Crippen LogP contribution in [0.15, 0.2) is 51.7 Å². The summed E-state index contributed by atoms with van der Waals surface area (Å²) in [6, 6.07) is 11.3. The molecule has 1 aliphatic heterocycles. The summed E-state index contributed by atoms with van der Waals surface area (Å²) < 4.78 is 30.0. The van der Waals surface area contributed by atoms with Gasteiger partial charge in [-0.1, -0.05) is 29.8 Å². The van der Waals surface area contributed by atoms with Gasteiger partial charge >= 0.3 is 0 Å². The van der Waals surface area contributed by atoms with Crippen LogP contribution in [0.2, 0.25) is 5.02 Å². The van der Waals surface area contributed by atoms with Gasteiger partial charge in [-0.25, -0.2) is 8.42 Å². The molecule has 0 saturated carbocycles. The molecule has 1 aliphatic rings. The van der Waals surface area contributed by atoms with Crippen LogP contribution in [-0.4, -0.2) is 36.8 Å². The number of carbonyl (C=O) groups is 1. The Kier molecular flexibility index (Phi) is 5.66. The first-order valence-electron chi connectivity index (χ1n) is 9.94. The van der Waals surface area contributed by atoms with Crippen molar-refractivity contribution < 1.29 is 17.6 Å². The summed E-state index contributed by atoms with van der Waals surface area (Å²) in [6.45, 7) is 3.89. The van der Waals surface area contributed by atoms with E-state index in [9.17, 15) is 18.0 Å². The van der Waals surface area contributed by atoms with Crippen LogP contribution in [-0.2, 0) is 16.4 Å². The largest absolute Gasteiger partial charge is 0.450 e. The van der Waals surface area contributed by atoms with E-state index in [1.54, 1.807) is 30.3 Å². The molecular formula is C23H22ClNO5S. The number of hydrogen-bond donors (Lipinski definition) is 0. The number of carbonyl (C=O) groups excluding carboxylic acids is 1. The normalized spacial score (nSPS) is 17.7. The Labute approximate surface area is 185 Å². The highest BCUT2D eigenvalue weighted by atomic mass is 35.5. The predicted octanol–water partition coefficient (Wildman–Crippen LogP) is 3.89. The molecule has 1 saturated heterocycles. The average molecular weight is 460 g/mol. The van der Waals surface area contributed by atoms with E-state index in [0.29, 0.717) is 22.4 Å². The smallest absolute Gasteiger partial charge is 0.290 e. The zero-order valence-electron chi connectivity index (χ0n) is 17.2. The lowest BCUT2D eigenvalue weighted by molar-refractivity contribution is 0.0648. The number of fused-ring (bicyclic) bond motifs is 1. The van der Waals surface area contributed by atoms with Crippen molar-refractivity contribution in [3.63, 3.8) is 0 Å². The number of rotatable bonds is 4. The van der Waals surface area contributed by atoms with E-state index in [1.807, 2.05) is 19.9 Å². The lowest BCUT2D eigenvalue weighted by Crippen LogP contribution is -2.40. The Hall–Kier alpha value is -2.64. The van der Waals surface area contributed by atoms with E-state index in [2.05, 4.69) is 0 Å². The van der Waals surface area contributed by atoms with Crippen LogP contribution in [0.4, 0.5) is 0 Å². The Morgan fingerprint density at radius 3 is 2.52 bits per heavy atom. The van der Waals surface area contributed by atoms with E-state index >= 15 is 0 Å². The summed E-state index contributed by atoms with van der Waals surface area (Å²) in [5.74, 6) is -0.677. The van der Waals surface area contributed by atoms with Crippen LogP contribution < -0.4 is 5.43 Å². The Morgan fingerprint density at radius 1 is 1.16 bits per heavy atom. The van der Waals surface area contributed by atoms with E-state index < -0.39 is 21.8 Å². The van der Waals surface area contributed by atoms with Crippen LogP contribution in [0.1, 0.15) is 33.7 Å². The van der Waals surface area contributed by atoms with Crippen LogP contribution in [0, 0.1) is 13.8 Å². The third kappa shape index (κ3) is 4.52. The summed E-state index contributed by atoms with van der Waals surface area (Å²) in [6.07, 6.45) is 0.345. The van der Waals surface area contributed by atoms with Gasteiger partial charge in [0.25, 0.3) is 5.91 Å². The Morgan fingerprint density at radius 2 is 1.87 bits per heavy atom. The first kappa shape index (κ1) is 21.6. The molecule has 1 atom stereocenters. The number of nitrogens with zero attached hydrogens (tertiary/aromatic N) is 1. The highest BCUT2D eigenvalue weighted by Gasteiger charge is 2.36. The fraction of sp³-hybridized carbons (Fsp3) is 0.304. The lowest BCUT2D eigenvalue weighted by Gasteiger charge is -2.28. The first-order chi connectivity index (χ1) is 14.6. The molecule has 31 heavy (non-hydrogen) atoms. The van der Waals surface area contributed by atoms with Gasteiger partial charge in [-0.15, -0.1) is 0 Å². The van der Waals surface area contributed by atoms with E-state index in [-0.39, 0.29) is 29.2 Å². The van der Waals surface area contributed by atoms with Crippen LogP contribution in [0.3, 0.4) is 0 Å². The van der Waals surface area contributed by atoms with Crippen LogP contribution >= 0.6 is 11.6 Å². The zero-order valence-corrected chi connectivity index (χ0v) is 18.8.